The molecule has 0 atom stereocenters. The van der Waals surface area contributed by atoms with Gasteiger partial charge in [-0.25, -0.2) is 4.98 Å². The molecule has 2 aromatic heterocycles. The van der Waals surface area contributed by atoms with Crippen LogP contribution < -0.4 is 5.73 Å². The summed E-state index contributed by atoms with van der Waals surface area (Å²) in [6, 6.07) is 0. The summed E-state index contributed by atoms with van der Waals surface area (Å²) >= 11 is 1.20. The molecule has 0 unspecified atom stereocenters. The Labute approximate surface area is 116 Å². The zero-order chi connectivity index (χ0) is 15.1. The summed E-state index contributed by atoms with van der Waals surface area (Å²) in [5, 5.41) is 0.279. The van der Waals surface area contributed by atoms with Gasteiger partial charge in [0.25, 0.3) is 5.91 Å². The number of halogens is 3. The van der Waals surface area contributed by atoms with Gasteiger partial charge < -0.3 is 10.2 Å². The number of carbonyl (C=O) groups is 1. The molecule has 0 spiro atoms. The van der Waals surface area contributed by atoms with E-state index in [4.69, 9.17) is 5.73 Å². The van der Waals surface area contributed by atoms with Crippen molar-refractivity contribution in [3.05, 3.63) is 28.7 Å². The molecule has 8 heteroatoms. The molecule has 2 N–H and O–H groups in total. The summed E-state index contributed by atoms with van der Waals surface area (Å²) in [7, 11) is 0. The minimum atomic E-state index is -4.78. The molecule has 4 nitrogen and oxygen atoms in total. The van der Waals surface area contributed by atoms with E-state index in [1.807, 2.05) is 13.8 Å². The Balaban J connectivity index is 2.57. The largest absolute Gasteiger partial charge is 0.458 e. The van der Waals surface area contributed by atoms with Crippen LogP contribution >= 0.6 is 11.3 Å². The van der Waals surface area contributed by atoms with Crippen LogP contribution in [-0.2, 0) is 6.18 Å². The number of thiazole rings is 1. The fraction of sp³-hybridized carbons (Fsp3) is 0.333. The number of hydrogen-bond acceptors (Lipinski definition) is 4. The highest BCUT2D eigenvalue weighted by Gasteiger charge is 2.41. The molecule has 0 aliphatic carbocycles. The number of furan rings is 1. The van der Waals surface area contributed by atoms with Gasteiger partial charge in [-0.1, -0.05) is 13.8 Å². The predicted octanol–water partition coefficient (Wildman–Crippen LogP) is 3.64. The summed E-state index contributed by atoms with van der Waals surface area (Å²) < 4.78 is 42.7. The van der Waals surface area contributed by atoms with Gasteiger partial charge in [0.1, 0.15) is 16.8 Å². The summed E-state index contributed by atoms with van der Waals surface area (Å²) in [4.78, 5) is 16.2. The molecular formula is C12H11F3N2O2S. The highest BCUT2D eigenvalue weighted by Crippen LogP contribution is 2.39. The second-order valence-electron chi connectivity index (χ2n) is 4.44. The standard InChI is InChI=1S/C12H11F3N2O2S/c1-5(2)7-3-17-11(20-7)6-4-19-9(12(13,14)15)8(6)10(16)18/h3-5H,1-2H3,(H2,16,18). The number of nitrogens with zero attached hydrogens (tertiary/aromatic N) is 1. The van der Waals surface area contributed by atoms with Gasteiger partial charge in [-0.15, -0.1) is 11.3 Å². The van der Waals surface area contributed by atoms with Crippen molar-refractivity contribution in [2.45, 2.75) is 25.9 Å². The van der Waals surface area contributed by atoms with Crippen LogP contribution in [-0.4, -0.2) is 10.9 Å². The molecule has 2 rings (SSSR count). The van der Waals surface area contributed by atoms with Crippen molar-refractivity contribution >= 4 is 17.2 Å². The van der Waals surface area contributed by atoms with Gasteiger partial charge in [-0.2, -0.15) is 13.2 Å². The van der Waals surface area contributed by atoms with Crippen LogP contribution in [0, 0.1) is 0 Å². The average molecular weight is 304 g/mol. The van der Waals surface area contributed by atoms with Crippen LogP contribution in [0.15, 0.2) is 16.9 Å². The fourth-order valence-electron chi connectivity index (χ4n) is 1.65. The van der Waals surface area contributed by atoms with E-state index in [1.54, 1.807) is 6.20 Å². The van der Waals surface area contributed by atoms with Gasteiger partial charge >= 0.3 is 6.18 Å². The third kappa shape index (κ3) is 2.55. The number of alkyl halides is 3. The van der Waals surface area contributed by atoms with E-state index < -0.39 is 23.4 Å². The smallest absolute Gasteiger partial charge is 0.450 e. The number of carbonyl (C=O) groups excluding carboxylic acids is 1. The highest BCUT2D eigenvalue weighted by molar-refractivity contribution is 7.15. The van der Waals surface area contributed by atoms with Gasteiger partial charge in [0.05, 0.1) is 5.56 Å². The lowest BCUT2D eigenvalue weighted by molar-refractivity contribution is -0.153. The lowest BCUT2D eigenvalue weighted by atomic mass is 10.1. The summed E-state index contributed by atoms with van der Waals surface area (Å²) in [5.74, 6) is -2.39. The topological polar surface area (TPSA) is 69.1 Å². The van der Waals surface area contributed by atoms with Crippen LogP contribution in [0.4, 0.5) is 13.2 Å². The van der Waals surface area contributed by atoms with Crippen molar-refractivity contribution in [3.63, 3.8) is 0 Å². The lowest BCUT2D eigenvalue weighted by Crippen LogP contribution is -2.17. The van der Waals surface area contributed by atoms with Crippen molar-refractivity contribution in [1.82, 2.24) is 4.98 Å². The zero-order valence-corrected chi connectivity index (χ0v) is 11.4. The highest BCUT2D eigenvalue weighted by atomic mass is 32.1. The quantitative estimate of drug-likeness (QED) is 0.941. The van der Waals surface area contributed by atoms with Crippen molar-refractivity contribution in [2.24, 2.45) is 5.73 Å². The molecule has 108 valence electrons. The molecule has 0 saturated carbocycles. The van der Waals surface area contributed by atoms with E-state index in [-0.39, 0.29) is 16.5 Å². The van der Waals surface area contributed by atoms with E-state index >= 15 is 0 Å². The van der Waals surface area contributed by atoms with Crippen LogP contribution in [0.5, 0.6) is 0 Å². The molecule has 20 heavy (non-hydrogen) atoms. The monoisotopic (exact) mass is 304 g/mol. The molecule has 0 radical (unpaired) electrons. The van der Waals surface area contributed by atoms with Gasteiger partial charge in [0.15, 0.2) is 0 Å². The van der Waals surface area contributed by atoms with Crippen molar-refractivity contribution in [1.29, 1.82) is 0 Å². The predicted molar refractivity (Wildman–Crippen MR) is 67.4 cm³/mol. The van der Waals surface area contributed by atoms with Crippen LogP contribution in [0.2, 0.25) is 0 Å². The molecule has 0 saturated heterocycles. The van der Waals surface area contributed by atoms with E-state index in [9.17, 15) is 18.0 Å². The number of rotatable bonds is 3. The Kier molecular flexibility index (Phi) is 3.59. The van der Waals surface area contributed by atoms with E-state index in [1.165, 1.54) is 11.3 Å². The van der Waals surface area contributed by atoms with Gasteiger partial charge in [-0.3, -0.25) is 4.79 Å². The summed E-state index contributed by atoms with van der Waals surface area (Å²) in [6.07, 6.45) is -2.34. The second-order valence-corrected chi connectivity index (χ2v) is 5.50. The maximum atomic E-state index is 12.8. The summed E-state index contributed by atoms with van der Waals surface area (Å²) in [5.41, 5.74) is 4.33. The summed E-state index contributed by atoms with van der Waals surface area (Å²) in [6.45, 7) is 3.87. The first-order valence-electron chi connectivity index (χ1n) is 5.66. The van der Waals surface area contributed by atoms with Gasteiger partial charge in [0.2, 0.25) is 5.76 Å². The number of primary amides is 1. The van der Waals surface area contributed by atoms with E-state index in [2.05, 4.69) is 9.40 Å². The Hall–Kier alpha value is -1.83. The molecular weight excluding hydrogens is 293 g/mol. The van der Waals surface area contributed by atoms with E-state index in [0.717, 1.165) is 11.1 Å². The number of hydrogen-bond donors (Lipinski definition) is 1. The minimum absolute atomic E-state index is 0.0262. The number of amides is 1. The number of aromatic nitrogens is 1. The normalized spacial score (nSPS) is 12.1. The molecule has 0 aliphatic heterocycles. The Morgan fingerprint density at radius 3 is 2.55 bits per heavy atom. The van der Waals surface area contributed by atoms with Gasteiger partial charge in [-0.05, 0) is 5.92 Å². The number of nitrogens with two attached hydrogens (primary N) is 1. The minimum Gasteiger partial charge on any atom is -0.458 e. The zero-order valence-electron chi connectivity index (χ0n) is 10.6. The first-order chi connectivity index (χ1) is 9.21. The van der Waals surface area contributed by atoms with Gasteiger partial charge in [0, 0.05) is 11.1 Å². The molecule has 0 aromatic carbocycles. The average Bonchev–Trinajstić information content (AvgIpc) is 2.94. The maximum absolute atomic E-state index is 12.8. The van der Waals surface area contributed by atoms with Crippen molar-refractivity contribution < 1.29 is 22.4 Å². The second kappa shape index (κ2) is 4.93. The Morgan fingerprint density at radius 1 is 1.45 bits per heavy atom. The van der Waals surface area contributed by atoms with E-state index in [0.29, 0.717) is 0 Å². The SMILES string of the molecule is CC(C)c1cnc(-c2coc(C(F)(F)F)c2C(N)=O)s1. The maximum Gasteiger partial charge on any atom is 0.450 e. The lowest BCUT2D eigenvalue weighted by Gasteiger charge is -2.04. The molecule has 0 aliphatic rings. The van der Waals surface area contributed by atoms with Crippen LogP contribution in [0.3, 0.4) is 0 Å². The molecule has 0 bridgehead atoms. The molecule has 0 fully saturated rings. The Morgan fingerprint density at radius 2 is 2.10 bits per heavy atom. The molecule has 2 heterocycles. The third-order valence-electron chi connectivity index (χ3n) is 2.62. The van der Waals surface area contributed by atoms with Crippen molar-refractivity contribution in [2.75, 3.05) is 0 Å². The third-order valence-corrected chi connectivity index (χ3v) is 3.95. The first kappa shape index (κ1) is 14.6. The Bertz CT molecular complexity index is 643. The molecule has 2 aromatic rings. The van der Waals surface area contributed by atoms with Crippen molar-refractivity contribution in [3.8, 4) is 10.6 Å². The first-order valence-corrected chi connectivity index (χ1v) is 6.48. The van der Waals surface area contributed by atoms with Crippen LogP contribution in [0.1, 0.15) is 40.8 Å². The fourth-order valence-corrected chi connectivity index (χ4v) is 2.58. The van der Waals surface area contributed by atoms with Crippen LogP contribution in [0.25, 0.3) is 10.6 Å². The molecule has 1 amide bonds.